The maximum Gasteiger partial charge on any atom is 0.323 e. The summed E-state index contributed by atoms with van der Waals surface area (Å²) in [6.45, 7) is 3.32. The molecule has 168 valence electrons. The number of ether oxygens (including phenoxy) is 1. The van der Waals surface area contributed by atoms with Gasteiger partial charge in [0.25, 0.3) is 5.91 Å². The van der Waals surface area contributed by atoms with Crippen LogP contribution in [-0.2, 0) is 11.3 Å². The number of carboxylic acid groups (broad SMARTS) is 1. The largest absolute Gasteiger partial charge is 0.497 e. The van der Waals surface area contributed by atoms with E-state index in [0.29, 0.717) is 12.1 Å². The summed E-state index contributed by atoms with van der Waals surface area (Å²) in [7, 11) is 3.13. The number of nitrogens with zero attached hydrogens (tertiary/aromatic N) is 3. The topological polar surface area (TPSA) is 83.0 Å². The Hall–Kier alpha value is -3.39. The number of anilines is 1. The maximum absolute atomic E-state index is 12.4. The van der Waals surface area contributed by atoms with Crippen molar-refractivity contribution < 1.29 is 19.4 Å². The molecule has 1 amide bonds. The molecule has 7 nitrogen and oxygen atoms in total. The van der Waals surface area contributed by atoms with Crippen molar-refractivity contribution in [2.45, 2.75) is 19.9 Å². The second-order valence-electron chi connectivity index (χ2n) is 7.42. The standard InChI is InChI=1S/C24H27N3O4S/c1-4-12-27(24-25-21(16-32-24)19-6-5-7-20(13-19)31-3)14-17-8-10-18(11-9-17)23(30)26(2)15-22(28)29/h5-11,13,16H,4,12,14-15H2,1-3H3,(H,28,29). The zero-order valence-corrected chi connectivity index (χ0v) is 19.3. The van der Waals surface area contributed by atoms with Crippen LogP contribution in [0, 0.1) is 0 Å². The predicted octanol–water partition coefficient (Wildman–Crippen LogP) is 4.39. The summed E-state index contributed by atoms with van der Waals surface area (Å²) in [6.07, 6.45) is 0.977. The SMILES string of the molecule is CCCN(Cc1ccc(C(=O)N(C)CC(=O)O)cc1)c1nc(-c2cccc(OC)c2)cs1. The van der Waals surface area contributed by atoms with Crippen LogP contribution in [0.3, 0.4) is 0 Å². The molecule has 0 unspecified atom stereocenters. The fourth-order valence-electron chi connectivity index (χ4n) is 3.30. The van der Waals surface area contributed by atoms with Gasteiger partial charge in [0.2, 0.25) is 0 Å². The molecule has 1 N–H and O–H groups in total. The molecule has 1 heterocycles. The third-order valence-electron chi connectivity index (χ3n) is 4.92. The van der Waals surface area contributed by atoms with E-state index < -0.39 is 5.97 Å². The number of thiazole rings is 1. The van der Waals surface area contributed by atoms with Gasteiger partial charge in [-0.25, -0.2) is 4.98 Å². The number of benzene rings is 2. The number of hydrogen-bond donors (Lipinski definition) is 1. The first-order valence-corrected chi connectivity index (χ1v) is 11.2. The van der Waals surface area contributed by atoms with Gasteiger partial charge in [-0.2, -0.15) is 0 Å². The molecule has 0 saturated heterocycles. The van der Waals surface area contributed by atoms with Crippen LogP contribution < -0.4 is 9.64 Å². The summed E-state index contributed by atoms with van der Waals surface area (Å²) < 4.78 is 5.32. The first kappa shape index (κ1) is 23.3. The first-order valence-electron chi connectivity index (χ1n) is 10.3. The van der Waals surface area contributed by atoms with E-state index in [0.717, 1.165) is 40.7 Å². The summed E-state index contributed by atoms with van der Waals surface area (Å²) in [4.78, 5) is 31.4. The van der Waals surface area contributed by atoms with Crippen LogP contribution >= 0.6 is 11.3 Å². The Morgan fingerprint density at radius 2 is 1.91 bits per heavy atom. The average molecular weight is 454 g/mol. The van der Waals surface area contributed by atoms with Crippen LogP contribution in [-0.4, -0.2) is 54.1 Å². The second-order valence-corrected chi connectivity index (χ2v) is 8.26. The lowest BCUT2D eigenvalue weighted by atomic mass is 10.1. The van der Waals surface area contributed by atoms with Gasteiger partial charge in [-0.15, -0.1) is 11.3 Å². The van der Waals surface area contributed by atoms with Crippen LogP contribution in [0.25, 0.3) is 11.3 Å². The molecule has 0 radical (unpaired) electrons. The Balaban J connectivity index is 1.74. The lowest BCUT2D eigenvalue weighted by molar-refractivity contribution is -0.137. The van der Waals surface area contributed by atoms with Gasteiger partial charge >= 0.3 is 5.97 Å². The molecule has 0 atom stereocenters. The summed E-state index contributed by atoms with van der Waals surface area (Å²) in [6, 6.07) is 15.1. The molecular weight excluding hydrogens is 426 g/mol. The number of carbonyl (C=O) groups excluding carboxylic acids is 1. The number of aliphatic carboxylic acids is 1. The van der Waals surface area contributed by atoms with Crippen LogP contribution in [0.1, 0.15) is 29.3 Å². The van der Waals surface area contributed by atoms with Crippen molar-refractivity contribution in [2.75, 3.05) is 32.1 Å². The van der Waals surface area contributed by atoms with E-state index in [1.54, 1.807) is 30.6 Å². The van der Waals surface area contributed by atoms with E-state index in [1.165, 1.54) is 11.9 Å². The number of methoxy groups -OCH3 is 1. The van der Waals surface area contributed by atoms with Gasteiger partial charge in [0.1, 0.15) is 12.3 Å². The zero-order valence-electron chi connectivity index (χ0n) is 18.4. The molecule has 3 aromatic rings. The summed E-state index contributed by atoms with van der Waals surface area (Å²) >= 11 is 1.60. The van der Waals surface area contributed by atoms with E-state index >= 15 is 0 Å². The lowest BCUT2D eigenvalue weighted by Gasteiger charge is -2.21. The highest BCUT2D eigenvalue weighted by atomic mass is 32.1. The minimum Gasteiger partial charge on any atom is -0.497 e. The van der Waals surface area contributed by atoms with E-state index in [1.807, 2.05) is 41.8 Å². The Morgan fingerprint density at radius 1 is 1.16 bits per heavy atom. The number of hydrogen-bond acceptors (Lipinski definition) is 6. The molecule has 8 heteroatoms. The van der Waals surface area contributed by atoms with Gasteiger partial charge in [0.05, 0.1) is 12.8 Å². The van der Waals surface area contributed by atoms with Gasteiger partial charge in [0, 0.05) is 36.6 Å². The number of amides is 1. The molecule has 1 aromatic heterocycles. The Kier molecular flexibility index (Phi) is 7.83. The van der Waals surface area contributed by atoms with Gasteiger partial charge < -0.3 is 19.6 Å². The van der Waals surface area contributed by atoms with E-state index in [-0.39, 0.29) is 12.5 Å². The Bertz CT molecular complexity index is 1070. The molecule has 0 aliphatic rings. The number of carboxylic acids is 1. The fraction of sp³-hybridized carbons (Fsp3) is 0.292. The lowest BCUT2D eigenvalue weighted by Crippen LogP contribution is -2.31. The first-order chi connectivity index (χ1) is 15.4. The number of aromatic nitrogens is 1. The normalized spacial score (nSPS) is 10.6. The number of rotatable bonds is 10. The van der Waals surface area contributed by atoms with Crippen LogP contribution in [0.2, 0.25) is 0 Å². The molecular formula is C24H27N3O4S. The smallest absolute Gasteiger partial charge is 0.323 e. The number of carbonyl (C=O) groups is 2. The second kappa shape index (κ2) is 10.8. The highest BCUT2D eigenvalue weighted by Crippen LogP contribution is 2.30. The predicted molar refractivity (Wildman–Crippen MR) is 126 cm³/mol. The van der Waals surface area contributed by atoms with Gasteiger partial charge in [-0.3, -0.25) is 9.59 Å². The fourth-order valence-corrected chi connectivity index (χ4v) is 4.17. The molecule has 3 rings (SSSR count). The maximum atomic E-state index is 12.4. The Morgan fingerprint density at radius 3 is 2.56 bits per heavy atom. The third kappa shape index (κ3) is 5.85. The summed E-state index contributed by atoms with van der Waals surface area (Å²) in [5.41, 5.74) is 3.44. The Labute approximate surface area is 191 Å². The van der Waals surface area contributed by atoms with Crippen LogP contribution in [0.5, 0.6) is 5.75 Å². The molecule has 2 aromatic carbocycles. The summed E-state index contributed by atoms with van der Waals surface area (Å²) in [5.74, 6) is -0.553. The van der Waals surface area contributed by atoms with Crippen molar-refractivity contribution in [3.8, 4) is 17.0 Å². The van der Waals surface area contributed by atoms with E-state index in [9.17, 15) is 9.59 Å². The molecule has 0 saturated carbocycles. The third-order valence-corrected chi connectivity index (χ3v) is 5.82. The van der Waals surface area contributed by atoms with E-state index in [4.69, 9.17) is 14.8 Å². The van der Waals surface area contributed by atoms with Crippen molar-refractivity contribution in [3.63, 3.8) is 0 Å². The van der Waals surface area contributed by atoms with Gasteiger partial charge in [-0.1, -0.05) is 31.2 Å². The summed E-state index contributed by atoms with van der Waals surface area (Å²) in [5, 5.41) is 11.9. The molecule has 0 fully saturated rings. The number of likely N-dealkylation sites (N-methyl/N-ethyl adjacent to an activating group) is 1. The molecule has 0 bridgehead atoms. The van der Waals surface area contributed by atoms with Crippen molar-refractivity contribution in [2.24, 2.45) is 0 Å². The monoisotopic (exact) mass is 453 g/mol. The van der Waals surface area contributed by atoms with Crippen molar-refractivity contribution >= 4 is 28.3 Å². The highest BCUT2D eigenvalue weighted by molar-refractivity contribution is 7.14. The minimum atomic E-state index is -1.04. The zero-order chi connectivity index (χ0) is 23.1. The minimum absolute atomic E-state index is 0.313. The molecule has 0 spiro atoms. The van der Waals surface area contributed by atoms with Gasteiger partial charge in [-0.05, 0) is 36.2 Å². The highest BCUT2D eigenvalue weighted by Gasteiger charge is 2.16. The molecule has 32 heavy (non-hydrogen) atoms. The van der Waals surface area contributed by atoms with Crippen LogP contribution in [0.4, 0.5) is 5.13 Å². The van der Waals surface area contributed by atoms with Crippen molar-refractivity contribution in [3.05, 3.63) is 65.0 Å². The average Bonchev–Trinajstić information content (AvgIpc) is 3.29. The quantitative estimate of drug-likeness (QED) is 0.490. The van der Waals surface area contributed by atoms with Crippen molar-refractivity contribution in [1.29, 1.82) is 0 Å². The van der Waals surface area contributed by atoms with Crippen LogP contribution in [0.15, 0.2) is 53.9 Å². The van der Waals surface area contributed by atoms with Gasteiger partial charge in [0.15, 0.2) is 5.13 Å². The van der Waals surface area contributed by atoms with E-state index in [2.05, 4.69) is 11.8 Å². The van der Waals surface area contributed by atoms with Crippen molar-refractivity contribution in [1.82, 2.24) is 9.88 Å². The molecule has 0 aliphatic carbocycles. The molecule has 0 aliphatic heterocycles.